The number of hydrogen-bond donors (Lipinski definition) is 2. The molecule has 0 spiro atoms. The van der Waals surface area contributed by atoms with Crippen molar-refractivity contribution in [3.63, 3.8) is 0 Å². The first-order valence-electron chi connectivity index (χ1n) is 11.3. The third-order valence-electron chi connectivity index (χ3n) is 5.74. The van der Waals surface area contributed by atoms with Crippen molar-refractivity contribution in [2.24, 2.45) is 5.92 Å². The van der Waals surface area contributed by atoms with Crippen LogP contribution in [0, 0.1) is 12.8 Å². The van der Waals surface area contributed by atoms with E-state index in [-0.39, 0.29) is 11.1 Å². The summed E-state index contributed by atoms with van der Waals surface area (Å²) in [6.45, 7) is 3.33. The molecular weight excluding hydrogens is 416 g/mol. The number of carbonyl (C=O) groups is 2. The molecule has 1 aliphatic rings. The van der Waals surface area contributed by atoms with Gasteiger partial charge in [0.1, 0.15) is 11.1 Å². The molecule has 170 valence electrons. The fourth-order valence-corrected chi connectivity index (χ4v) is 3.51. The van der Waals surface area contributed by atoms with Crippen molar-refractivity contribution in [3.05, 3.63) is 99.2 Å². The SMILES string of the molecule is Cc1ccc(CNC(=O)c2cn(CCc3ccccn3)cc(C(=O)NCC3CC3)c2=O)cc1. The van der Waals surface area contributed by atoms with E-state index in [1.165, 1.54) is 12.4 Å². The van der Waals surface area contributed by atoms with Crippen molar-refractivity contribution < 1.29 is 9.59 Å². The summed E-state index contributed by atoms with van der Waals surface area (Å²) in [5, 5.41) is 5.64. The summed E-state index contributed by atoms with van der Waals surface area (Å²) in [6.07, 6.45) is 7.57. The van der Waals surface area contributed by atoms with Crippen LogP contribution in [0.2, 0.25) is 0 Å². The maximum absolute atomic E-state index is 13.0. The van der Waals surface area contributed by atoms with Gasteiger partial charge in [-0.3, -0.25) is 19.4 Å². The van der Waals surface area contributed by atoms with Crippen LogP contribution in [0.15, 0.2) is 65.8 Å². The van der Waals surface area contributed by atoms with Crippen LogP contribution in [0.1, 0.15) is 50.4 Å². The molecule has 0 aliphatic heterocycles. The maximum Gasteiger partial charge on any atom is 0.257 e. The number of nitrogens with one attached hydrogen (secondary N) is 2. The summed E-state index contributed by atoms with van der Waals surface area (Å²) < 4.78 is 1.73. The van der Waals surface area contributed by atoms with Crippen molar-refractivity contribution >= 4 is 11.8 Å². The molecule has 1 saturated carbocycles. The van der Waals surface area contributed by atoms with Gasteiger partial charge in [-0.05, 0) is 43.4 Å². The number of hydrogen-bond acceptors (Lipinski definition) is 4. The molecule has 2 aromatic heterocycles. The summed E-state index contributed by atoms with van der Waals surface area (Å²) in [6, 6.07) is 13.5. The Morgan fingerprint density at radius 2 is 1.70 bits per heavy atom. The van der Waals surface area contributed by atoms with E-state index in [2.05, 4.69) is 15.6 Å². The predicted molar refractivity (Wildman–Crippen MR) is 126 cm³/mol. The first kappa shape index (κ1) is 22.5. The molecule has 2 N–H and O–H groups in total. The van der Waals surface area contributed by atoms with Crippen LogP contribution in [0.4, 0.5) is 0 Å². The van der Waals surface area contributed by atoms with E-state index in [0.717, 1.165) is 29.7 Å². The lowest BCUT2D eigenvalue weighted by Crippen LogP contribution is -2.36. The molecule has 7 nitrogen and oxygen atoms in total. The molecule has 3 aromatic rings. The molecule has 0 bridgehead atoms. The largest absolute Gasteiger partial charge is 0.352 e. The highest BCUT2D eigenvalue weighted by Gasteiger charge is 2.24. The third-order valence-corrected chi connectivity index (χ3v) is 5.74. The number of nitrogens with zero attached hydrogens (tertiary/aromatic N) is 2. The van der Waals surface area contributed by atoms with E-state index >= 15 is 0 Å². The van der Waals surface area contributed by atoms with E-state index in [1.54, 1.807) is 10.8 Å². The number of rotatable bonds is 9. The first-order chi connectivity index (χ1) is 16.0. The Balaban J connectivity index is 1.55. The minimum atomic E-state index is -0.557. The summed E-state index contributed by atoms with van der Waals surface area (Å²) in [5.41, 5.74) is 2.34. The number of carbonyl (C=O) groups excluding carboxylic acids is 2. The molecule has 2 amide bonds. The summed E-state index contributed by atoms with van der Waals surface area (Å²) >= 11 is 0. The van der Waals surface area contributed by atoms with Gasteiger partial charge in [0.05, 0.1) is 0 Å². The summed E-state index contributed by atoms with van der Waals surface area (Å²) in [4.78, 5) is 43.0. The number of aromatic nitrogens is 2. The topological polar surface area (TPSA) is 93.1 Å². The highest BCUT2D eigenvalue weighted by atomic mass is 16.2. The first-order valence-corrected chi connectivity index (χ1v) is 11.3. The van der Waals surface area contributed by atoms with Gasteiger partial charge >= 0.3 is 0 Å². The molecule has 0 unspecified atom stereocenters. The molecule has 1 fully saturated rings. The van der Waals surface area contributed by atoms with Crippen molar-refractivity contribution in [3.8, 4) is 0 Å². The molecule has 1 aromatic carbocycles. The van der Waals surface area contributed by atoms with E-state index in [0.29, 0.717) is 32.0 Å². The Bertz CT molecular complexity index is 1180. The van der Waals surface area contributed by atoms with Crippen LogP contribution < -0.4 is 16.1 Å². The summed E-state index contributed by atoms with van der Waals surface area (Å²) in [7, 11) is 0. The smallest absolute Gasteiger partial charge is 0.257 e. The van der Waals surface area contributed by atoms with Gasteiger partial charge in [0, 0.05) is 50.3 Å². The number of aryl methyl sites for hydroxylation is 3. The quantitative estimate of drug-likeness (QED) is 0.531. The van der Waals surface area contributed by atoms with E-state index in [1.807, 2.05) is 49.4 Å². The zero-order valence-electron chi connectivity index (χ0n) is 18.7. The van der Waals surface area contributed by atoms with Crippen LogP contribution in [0.5, 0.6) is 0 Å². The van der Waals surface area contributed by atoms with Gasteiger partial charge in [-0.1, -0.05) is 35.9 Å². The van der Waals surface area contributed by atoms with Gasteiger partial charge in [0.2, 0.25) is 5.43 Å². The van der Waals surface area contributed by atoms with Gasteiger partial charge in [-0.25, -0.2) is 0 Å². The zero-order valence-corrected chi connectivity index (χ0v) is 18.7. The average molecular weight is 445 g/mol. The summed E-state index contributed by atoms with van der Waals surface area (Å²) in [5.74, 6) is -0.447. The van der Waals surface area contributed by atoms with Crippen molar-refractivity contribution in [2.45, 2.75) is 39.3 Å². The normalized spacial score (nSPS) is 12.9. The molecular formula is C26H28N4O3. The number of pyridine rings is 2. The number of benzene rings is 1. The minimum Gasteiger partial charge on any atom is -0.352 e. The van der Waals surface area contributed by atoms with Gasteiger partial charge in [0.25, 0.3) is 11.8 Å². The van der Waals surface area contributed by atoms with Crippen LogP contribution in [0.25, 0.3) is 0 Å². The van der Waals surface area contributed by atoms with Crippen molar-refractivity contribution in [1.82, 2.24) is 20.2 Å². The lowest BCUT2D eigenvalue weighted by atomic mass is 10.1. The standard InChI is InChI=1S/C26H28N4O3/c1-18-5-7-19(8-6-18)14-28-25(32)22-16-30(13-11-21-4-2-3-12-27-21)17-23(24(22)31)26(33)29-15-20-9-10-20/h2-8,12,16-17,20H,9-11,13-15H2,1H3,(H,28,32)(H,29,33). The zero-order chi connectivity index (χ0) is 23.2. The molecule has 7 heteroatoms. The Morgan fingerprint density at radius 1 is 1.00 bits per heavy atom. The maximum atomic E-state index is 13.0. The molecule has 33 heavy (non-hydrogen) atoms. The second-order valence-electron chi connectivity index (χ2n) is 8.55. The van der Waals surface area contributed by atoms with Gasteiger partial charge in [-0.15, -0.1) is 0 Å². The molecule has 0 atom stereocenters. The Kier molecular flexibility index (Phi) is 6.98. The highest BCUT2D eigenvalue weighted by molar-refractivity contribution is 5.99. The fraction of sp³-hybridized carbons (Fsp3) is 0.308. The lowest BCUT2D eigenvalue weighted by molar-refractivity contribution is 0.0948. The second-order valence-corrected chi connectivity index (χ2v) is 8.55. The minimum absolute atomic E-state index is 0.0142. The fourth-order valence-electron chi connectivity index (χ4n) is 3.51. The lowest BCUT2D eigenvalue weighted by Gasteiger charge is -2.13. The van der Waals surface area contributed by atoms with Crippen LogP contribution >= 0.6 is 0 Å². The molecule has 4 rings (SSSR count). The van der Waals surface area contributed by atoms with Crippen LogP contribution in [-0.4, -0.2) is 27.9 Å². The molecule has 1 aliphatic carbocycles. The van der Waals surface area contributed by atoms with Gasteiger partial charge < -0.3 is 15.2 Å². The Labute approximate surface area is 192 Å². The van der Waals surface area contributed by atoms with Crippen LogP contribution in [0.3, 0.4) is 0 Å². The number of amides is 2. The highest BCUT2D eigenvalue weighted by Crippen LogP contribution is 2.27. The third kappa shape index (κ3) is 6.16. The van der Waals surface area contributed by atoms with Gasteiger partial charge in [-0.2, -0.15) is 0 Å². The van der Waals surface area contributed by atoms with E-state index in [9.17, 15) is 14.4 Å². The van der Waals surface area contributed by atoms with E-state index in [4.69, 9.17) is 0 Å². The predicted octanol–water partition coefficient (Wildman–Crippen LogP) is 2.86. The monoisotopic (exact) mass is 444 g/mol. The molecule has 0 radical (unpaired) electrons. The molecule has 2 heterocycles. The van der Waals surface area contributed by atoms with Gasteiger partial charge in [0.15, 0.2) is 0 Å². The Hall–Kier alpha value is -3.74. The average Bonchev–Trinajstić information content (AvgIpc) is 3.66. The Morgan fingerprint density at radius 3 is 2.33 bits per heavy atom. The second kappa shape index (κ2) is 10.3. The van der Waals surface area contributed by atoms with Crippen LogP contribution in [-0.2, 0) is 19.5 Å². The van der Waals surface area contributed by atoms with Crippen molar-refractivity contribution in [1.29, 1.82) is 0 Å². The molecule has 0 saturated heterocycles. The van der Waals surface area contributed by atoms with E-state index < -0.39 is 17.2 Å². The van der Waals surface area contributed by atoms with Crippen molar-refractivity contribution in [2.75, 3.05) is 6.54 Å².